The van der Waals surface area contributed by atoms with Crippen molar-refractivity contribution in [3.05, 3.63) is 24.8 Å². The van der Waals surface area contributed by atoms with Gasteiger partial charge in [0.05, 0.1) is 0 Å². The molecule has 0 atom stereocenters. The van der Waals surface area contributed by atoms with Crippen LogP contribution in [0.2, 0.25) is 0 Å². The first-order chi connectivity index (χ1) is 8.09. The van der Waals surface area contributed by atoms with Gasteiger partial charge in [0.25, 0.3) is 20.0 Å². The topological polar surface area (TPSA) is 80.3 Å². The molecule has 0 aromatic carbocycles. The fourth-order valence-corrected chi connectivity index (χ4v) is 3.12. The van der Waals surface area contributed by atoms with E-state index >= 15 is 0 Å². The van der Waals surface area contributed by atoms with Crippen molar-refractivity contribution in [1.82, 2.24) is 4.13 Å². The third-order valence-corrected chi connectivity index (χ3v) is 5.07. The Balaban J connectivity index is 5.75. The summed E-state index contributed by atoms with van der Waals surface area (Å²) in [4.78, 5) is 0. The van der Waals surface area contributed by atoms with E-state index in [1.54, 1.807) is 0 Å². The Morgan fingerprint density at radius 1 is 0.789 bits per heavy atom. The molecule has 1 N–H and O–H groups in total. The van der Waals surface area contributed by atoms with Gasteiger partial charge in [-0.3, -0.25) is 0 Å². The first-order valence-electron chi connectivity index (χ1n) is 3.82. The van der Waals surface area contributed by atoms with Gasteiger partial charge in [-0.15, -0.1) is 0 Å². The Hall–Kier alpha value is -1.08. The number of sulfonamides is 2. The molecule has 5 nitrogen and oxygen atoms in total. The van der Waals surface area contributed by atoms with E-state index in [0.29, 0.717) is 0 Å². The van der Waals surface area contributed by atoms with Crippen LogP contribution in [0.5, 0.6) is 0 Å². The molecule has 0 radical (unpaired) electrons. The predicted molar refractivity (Wildman–Crippen MR) is 51.4 cm³/mol. The summed E-state index contributed by atoms with van der Waals surface area (Å²) in [7, 11) is -12.9. The van der Waals surface area contributed by atoms with E-state index in [2.05, 4.69) is 0 Å². The monoisotopic (exact) mass is 333 g/mol. The van der Waals surface area contributed by atoms with Crippen LogP contribution in [0.15, 0.2) is 24.8 Å². The summed E-state index contributed by atoms with van der Waals surface area (Å²) in [5.74, 6) is -5.64. The van der Waals surface area contributed by atoms with E-state index in [4.69, 9.17) is 0 Å². The molecule has 0 bridgehead atoms. The number of hydrogen-bond donors (Lipinski definition) is 1. The molecule has 13 heteroatoms. The largest absolute Gasteiger partial charge is 0.409 e. The Kier molecular flexibility index (Phi) is 4.52. The number of hydrogen-bond acceptors (Lipinski definition) is 4. The zero-order valence-electron chi connectivity index (χ0n) is 8.63. The number of nitrogens with one attached hydrogen (secondary N) is 1. The van der Waals surface area contributed by atoms with Crippen LogP contribution < -0.4 is 4.13 Å². The molecule has 0 heterocycles. The summed E-state index contributed by atoms with van der Waals surface area (Å²) >= 11 is 0. The van der Waals surface area contributed by atoms with E-state index in [9.17, 15) is 43.2 Å². The van der Waals surface area contributed by atoms with Crippen molar-refractivity contribution >= 4 is 20.0 Å². The highest BCUT2D eigenvalue weighted by molar-refractivity contribution is 8.05. The van der Waals surface area contributed by atoms with Gasteiger partial charge in [-0.25, -0.2) is 25.6 Å². The predicted octanol–water partition coefficient (Wildman–Crippen LogP) is 1.39. The summed E-state index contributed by atoms with van der Waals surface area (Å²) in [5.41, 5.74) is 0. The molecule has 0 aromatic rings. The highest BCUT2D eigenvalue weighted by Gasteiger charge is 2.57. The minimum Gasteiger partial charge on any atom is -0.205 e. The van der Waals surface area contributed by atoms with E-state index in [1.807, 2.05) is 13.2 Å². The Labute approximate surface area is 103 Å². The standard InChI is InChI=1S/C6H5F6NO4S2/c1-3(7)5(9,10)18(14,15)13-19(16,17)6(11,12)4(2)8/h13H,1-2H2. The lowest BCUT2D eigenvalue weighted by Crippen LogP contribution is -2.48. The van der Waals surface area contributed by atoms with Crippen molar-refractivity contribution in [2.45, 2.75) is 10.5 Å². The minimum absolute atomic E-state index is 0.181. The zero-order valence-corrected chi connectivity index (χ0v) is 10.3. The molecule has 0 amide bonds. The third-order valence-electron chi connectivity index (χ3n) is 1.53. The first kappa shape index (κ1) is 17.9. The third kappa shape index (κ3) is 3.09. The fourth-order valence-electron chi connectivity index (χ4n) is 0.541. The summed E-state index contributed by atoms with van der Waals surface area (Å²) in [6.45, 7) is 3.82. The van der Waals surface area contributed by atoms with Crippen molar-refractivity contribution in [3.8, 4) is 0 Å². The average molecular weight is 333 g/mol. The lowest BCUT2D eigenvalue weighted by atomic mass is 10.6. The molecular formula is C6H5F6NO4S2. The Morgan fingerprint density at radius 3 is 1.16 bits per heavy atom. The van der Waals surface area contributed by atoms with Gasteiger partial charge < -0.3 is 0 Å². The summed E-state index contributed by atoms with van der Waals surface area (Å²) < 4.78 is 118. The van der Waals surface area contributed by atoms with Gasteiger partial charge in [-0.05, 0) is 0 Å². The van der Waals surface area contributed by atoms with Gasteiger partial charge in [0, 0.05) is 0 Å². The fraction of sp³-hybridized carbons (Fsp3) is 0.333. The smallest absolute Gasteiger partial charge is 0.205 e. The SMILES string of the molecule is C=C(F)C(F)(F)S(=O)(=O)NS(=O)(=O)C(F)(F)C(=C)F. The van der Waals surface area contributed by atoms with Gasteiger partial charge in [0.2, 0.25) is 0 Å². The van der Waals surface area contributed by atoms with Crippen LogP contribution in [-0.4, -0.2) is 27.3 Å². The molecule has 0 aromatic heterocycles. The second kappa shape index (κ2) is 4.79. The number of alkyl halides is 4. The van der Waals surface area contributed by atoms with Crippen LogP contribution in [0, 0.1) is 0 Å². The molecule has 0 fully saturated rings. The van der Waals surface area contributed by atoms with Crippen LogP contribution >= 0.6 is 0 Å². The maximum atomic E-state index is 12.7. The molecule has 112 valence electrons. The highest BCUT2D eigenvalue weighted by Crippen LogP contribution is 2.34. The van der Waals surface area contributed by atoms with Crippen molar-refractivity contribution in [2.24, 2.45) is 0 Å². The first-order valence-corrected chi connectivity index (χ1v) is 6.79. The number of halogens is 6. The van der Waals surface area contributed by atoms with Crippen molar-refractivity contribution in [1.29, 1.82) is 0 Å². The van der Waals surface area contributed by atoms with E-state index in [0.717, 1.165) is 0 Å². The van der Waals surface area contributed by atoms with Gasteiger partial charge in [-0.2, -0.15) is 17.6 Å². The van der Waals surface area contributed by atoms with E-state index in [1.165, 1.54) is 0 Å². The van der Waals surface area contributed by atoms with Crippen LogP contribution in [0.1, 0.15) is 0 Å². The zero-order chi connectivity index (χ0) is 15.9. The normalized spacial score (nSPS) is 14.2. The molecule has 0 spiro atoms. The van der Waals surface area contributed by atoms with Crippen LogP contribution in [-0.2, 0) is 20.0 Å². The Morgan fingerprint density at radius 2 is 1.00 bits per heavy atom. The van der Waals surface area contributed by atoms with Gasteiger partial charge in [-0.1, -0.05) is 17.3 Å². The highest BCUT2D eigenvalue weighted by atomic mass is 32.3. The maximum absolute atomic E-state index is 12.7. The van der Waals surface area contributed by atoms with Gasteiger partial charge in [0.15, 0.2) is 11.7 Å². The van der Waals surface area contributed by atoms with Gasteiger partial charge >= 0.3 is 10.5 Å². The van der Waals surface area contributed by atoms with Crippen molar-refractivity contribution < 1.29 is 43.2 Å². The molecule has 0 unspecified atom stereocenters. The molecule has 19 heavy (non-hydrogen) atoms. The molecule has 0 aliphatic rings. The lowest BCUT2D eigenvalue weighted by molar-refractivity contribution is 0.101. The van der Waals surface area contributed by atoms with Crippen LogP contribution in [0.4, 0.5) is 26.3 Å². The lowest BCUT2D eigenvalue weighted by Gasteiger charge is -2.18. The second-order valence-corrected chi connectivity index (χ2v) is 6.64. The van der Waals surface area contributed by atoms with Crippen molar-refractivity contribution in [3.63, 3.8) is 0 Å². The number of rotatable bonds is 6. The molecule has 0 saturated heterocycles. The Bertz CT molecular complexity index is 554. The van der Waals surface area contributed by atoms with Crippen LogP contribution in [0.3, 0.4) is 0 Å². The van der Waals surface area contributed by atoms with Crippen LogP contribution in [0.25, 0.3) is 0 Å². The van der Waals surface area contributed by atoms with E-state index < -0.39 is 42.2 Å². The maximum Gasteiger partial charge on any atom is 0.409 e. The average Bonchev–Trinajstić information content (AvgIpc) is 2.14. The van der Waals surface area contributed by atoms with Crippen molar-refractivity contribution in [2.75, 3.05) is 0 Å². The molecular weight excluding hydrogens is 328 g/mol. The molecule has 0 saturated carbocycles. The van der Waals surface area contributed by atoms with E-state index in [-0.39, 0.29) is 4.13 Å². The molecule has 0 aliphatic carbocycles. The summed E-state index contributed by atoms with van der Waals surface area (Å²) in [6.07, 6.45) is 0. The summed E-state index contributed by atoms with van der Waals surface area (Å²) in [5, 5.41) is -11.0. The van der Waals surface area contributed by atoms with Gasteiger partial charge in [0.1, 0.15) is 0 Å². The minimum atomic E-state index is -6.47. The quantitative estimate of drug-likeness (QED) is 0.745. The summed E-state index contributed by atoms with van der Waals surface area (Å²) in [6, 6.07) is 0. The molecule has 0 rings (SSSR count). The second-order valence-electron chi connectivity index (χ2n) is 2.93. The molecule has 0 aliphatic heterocycles.